The van der Waals surface area contributed by atoms with Crippen molar-refractivity contribution < 1.29 is 19.1 Å². The van der Waals surface area contributed by atoms with Gasteiger partial charge in [0, 0.05) is 18.8 Å². The topological polar surface area (TPSA) is 107 Å². The van der Waals surface area contributed by atoms with Crippen LogP contribution in [0.3, 0.4) is 0 Å². The molecular weight excluding hydrogens is 336 g/mol. The molecule has 1 aliphatic heterocycles. The van der Waals surface area contributed by atoms with E-state index in [9.17, 15) is 9.59 Å². The summed E-state index contributed by atoms with van der Waals surface area (Å²) in [7, 11) is 0. The third-order valence-electron chi connectivity index (χ3n) is 3.36. The predicted molar refractivity (Wildman–Crippen MR) is 101 cm³/mol. The lowest BCUT2D eigenvalue weighted by atomic mass is 10.1. The lowest BCUT2D eigenvalue weighted by Gasteiger charge is -2.29. The molecule has 1 amide bonds. The maximum atomic E-state index is 12.1. The zero-order valence-electron chi connectivity index (χ0n) is 16.2. The molecule has 26 heavy (non-hydrogen) atoms. The fraction of sp³-hybridized carbons (Fsp3) is 0.556. The minimum Gasteiger partial charge on any atom is -0.461 e. The molecule has 0 spiro atoms. The van der Waals surface area contributed by atoms with E-state index in [1.807, 2.05) is 26.8 Å². The maximum absolute atomic E-state index is 12.1. The fourth-order valence-corrected chi connectivity index (χ4v) is 2.17. The van der Waals surface area contributed by atoms with Gasteiger partial charge >= 0.3 is 12.1 Å². The Labute approximate surface area is 154 Å². The van der Waals surface area contributed by atoms with Crippen LogP contribution in [0.5, 0.6) is 0 Å². The number of carbonyl (C=O) groups is 2. The summed E-state index contributed by atoms with van der Waals surface area (Å²) in [4.78, 5) is 33.8. The van der Waals surface area contributed by atoms with Gasteiger partial charge in [0.05, 0.1) is 6.61 Å². The Kier molecular flexibility index (Phi) is 7.55. The highest BCUT2D eigenvalue weighted by Crippen LogP contribution is 2.18. The average molecular weight is 364 g/mol. The van der Waals surface area contributed by atoms with Crippen molar-refractivity contribution in [2.75, 3.05) is 19.7 Å². The Hall–Kier alpha value is -2.64. The van der Waals surface area contributed by atoms with Gasteiger partial charge in [-0.05, 0) is 53.3 Å². The molecule has 8 heteroatoms. The summed E-state index contributed by atoms with van der Waals surface area (Å²) >= 11 is 0. The van der Waals surface area contributed by atoms with E-state index >= 15 is 0 Å². The SMILES string of the molecule is C=NC(=N/C(C(=O)OCC)=C(\C)N)C1=CCN(C(=O)OC(C)(C)C)CC1. The van der Waals surface area contributed by atoms with Gasteiger partial charge in [0.15, 0.2) is 11.5 Å². The molecule has 8 nitrogen and oxygen atoms in total. The minimum atomic E-state index is -0.611. The van der Waals surface area contributed by atoms with Crippen LogP contribution >= 0.6 is 0 Å². The Bertz CT molecular complexity index is 653. The van der Waals surface area contributed by atoms with Crippen molar-refractivity contribution in [3.63, 3.8) is 0 Å². The molecule has 0 bridgehead atoms. The Balaban J connectivity index is 2.96. The summed E-state index contributed by atoms with van der Waals surface area (Å²) in [6.07, 6.45) is 1.95. The van der Waals surface area contributed by atoms with Crippen LogP contribution in [0.25, 0.3) is 0 Å². The first-order valence-corrected chi connectivity index (χ1v) is 8.45. The Morgan fingerprint density at radius 3 is 2.46 bits per heavy atom. The summed E-state index contributed by atoms with van der Waals surface area (Å²) in [6, 6.07) is 0. The smallest absolute Gasteiger partial charge is 0.410 e. The van der Waals surface area contributed by atoms with E-state index in [0.29, 0.717) is 25.3 Å². The number of carbonyl (C=O) groups excluding carboxylic acids is 2. The van der Waals surface area contributed by atoms with E-state index in [2.05, 4.69) is 16.7 Å². The molecular formula is C18H28N4O4. The van der Waals surface area contributed by atoms with Gasteiger partial charge in [-0.3, -0.25) is 0 Å². The molecule has 0 atom stereocenters. The van der Waals surface area contributed by atoms with E-state index in [4.69, 9.17) is 15.2 Å². The standard InChI is InChI=1S/C18H28N4O4/c1-7-25-16(23)14(12(2)19)21-15(20-6)13-8-10-22(11-9-13)17(24)26-18(3,4)5/h8H,6-7,9-11,19H2,1-5H3/b14-12+,21-15?. The van der Waals surface area contributed by atoms with E-state index in [-0.39, 0.29) is 24.1 Å². The fourth-order valence-electron chi connectivity index (χ4n) is 2.17. The molecule has 0 unspecified atom stereocenters. The summed E-state index contributed by atoms with van der Waals surface area (Å²) in [5.74, 6) is -0.317. The lowest BCUT2D eigenvalue weighted by Crippen LogP contribution is -2.39. The van der Waals surface area contributed by atoms with E-state index < -0.39 is 11.6 Å². The lowest BCUT2D eigenvalue weighted by molar-refractivity contribution is -0.138. The number of esters is 1. The maximum Gasteiger partial charge on any atom is 0.410 e. The summed E-state index contributed by atoms with van der Waals surface area (Å²) in [5, 5.41) is 0. The number of amides is 1. The summed E-state index contributed by atoms with van der Waals surface area (Å²) < 4.78 is 10.3. The zero-order chi connectivity index (χ0) is 19.9. The van der Waals surface area contributed by atoms with Crippen LogP contribution < -0.4 is 5.73 Å². The molecule has 0 aromatic carbocycles. The van der Waals surface area contributed by atoms with Crippen molar-refractivity contribution >= 4 is 24.6 Å². The van der Waals surface area contributed by atoms with Crippen molar-refractivity contribution in [2.45, 2.75) is 46.6 Å². The van der Waals surface area contributed by atoms with Crippen molar-refractivity contribution in [3.05, 3.63) is 23.0 Å². The van der Waals surface area contributed by atoms with Crippen molar-refractivity contribution in [1.29, 1.82) is 0 Å². The molecule has 0 aromatic rings. The molecule has 0 saturated carbocycles. The number of hydrogen-bond donors (Lipinski definition) is 1. The summed E-state index contributed by atoms with van der Waals surface area (Å²) in [6.45, 7) is 13.3. The third kappa shape index (κ3) is 6.34. The Morgan fingerprint density at radius 1 is 1.38 bits per heavy atom. The molecule has 0 saturated heterocycles. The highest BCUT2D eigenvalue weighted by molar-refractivity contribution is 6.04. The number of rotatable bonds is 4. The normalized spacial score (nSPS) is 16.4. The molecule has 0 aliphatic carbocycles. The van der Waals surface area contributed by atoms with Crippen molar-refractivity contribution in [2.24, 2.45) is 15.7 Å². The Morgan fingerprint density at radius 2 is 2.04 bits per heavy atom. The van der Waals surface area contributed by atoms with Gasteiger partial charge in [0.1, 0.15) is 5.60 Å². The zero-order valence-corrected chi connectivity index (χ0v) is 16.2. The van der Waals surface area contributed by atoms with E-state index in [0.717, 1.165) is 5.57 Å². The minimum absolute atomic E-state index is 0.00437. The largest absolute Gasteiger partial charge is 0.461 e. The average Bonchev–Trinajstić information content (AvgIpc) is 2.54. The number of ether oxygens (including phenoxy) is 2. The van der Waals surface area contributed by atoms with Crippen LogP contribution in [-0.2, 0) is 14.3 Å². The molecule has 0 radical (unpaired) electrons. The van der Waals surface area contributed by atoms with Crippen LogP contribution in [0.2, 0.25) is 0 Å². The molecule has 0 aromatic heterocycles. The van der Waals surface area contributed by atoms with Gasteiger partial charge in [-0.25, -0.2) is 19.6 Å². The molecule has 0 fully saturated rings. The van der Waals surface area contributed by atoms with Crippen molar-refractivity contribution in [3.8, 4) is 0 Å². The summed E-state index contributed by atoms with van der Waals surface area (Å²) in [5.41, 5.74) is 6.21. The van der Waals surface area contributed by atoms with Crippen LogP contribution in [0.4, 0.5) is 4.79 Å². The number of hydrogen-bond acceptors (Lipinski definition) is 6. The van der Waals surface area contributed by atoms with Gasteiger partial charge in [-0.1, -0.05) is 6.08 Å². The number of amidine groups is 1. The van der Waals surface area contributed by atoms with Crippen LogP contribution in [0, 0.1) is 0 Å². The van der Waals surface area contributed by atoms with Crippen molar-refractivity contribution in [1.82, 2.24) is 4.90 Å². The number of allylic oxidation sites excluding steroid dienone is 1. The number of nitrogens with zero attached hydrogens (tertiary/aromatic N) is 3. The first-order valence-electron chi connectivity index (χ1n) is 8.45. The first kappa shape index (κ1) is 21.4. The predicted octanol–water partition coefficient (Wildman–Crippen LogP) is 2.41. The molecule has 2 N–H and O–H groups in total. The number of aliphatic imine (C=N–C) groups is 2. The van der Waals surface area contributed by atoms with Gasteiger partial charge < -0.3 is 20.1 Å². The molecule has 1 rings (SSSR count). The molecule has 1 heterocycles. The highest BCUT2D eigenvalue weighted by atomic mass is 16.6. The third-order valence-corrected chi connectivity index (χ3v) is 3.36. The number of nitrogens with two attached hydrogens (primary N) is 1. The van der Waals surface area contributed by atoms with E-state index in [1.54, 1.807) is 18.7 Å². The second-order valence-electron chi connectivity index (χ2n) is 6.75. The molecule has 144 valence electrons. The first-order chi connectivity index (χ1) is 12.1. The monoisotopic (exact) mass is 364 g/mol. The van der Waals surface area contributed by atoms with Gasteiger partial charge in [0.2, 0.25) is 0 Å². The highest BCUT2D eigenvalue weighted by Gasteiger charge is 2.25. The van der Waals surface area contributed by atoms with Crippen LogP contribution in [-0.4, -0.2) is 54.8 Å². The van der Waals surface area contributed by atoms with Gasteiger partial charge in [0.25, 0.3) is 0 Å². The second kappa shape index (κ2) is 9.17. The quantitative estimate of drug-likeness (QED) is 0.357. The van der Waals surface area contributed by atoms with E-state index in [1.165, 1.54) is 0 Å². The second-order valence-corrected chi connectivity index (χ2v) is 6.75. The van der Waals surface area contributed by atoms with Crippen LogP contribution in [0.15, 0.2) is 33.0 Å². The molecule has 1 aliphatic rings. The van der Waals surface area contributed by atoms with Gasteiger partial charge in [-0.15, -0.1) is 0 Å². The van der Waals surface area contributed by atoms with Crippen LogP contribution in [0.1, 0.15) is 41.0 Å². The van der Waals surface area contributed by atoms with Gasteiger partial charge in [-0.2, -0.15) is 0 Å².